The van der Waals surface area contributed by atoms with E-state index in [1.54, 1.807) is 19.1 Å². The van der Waals surface area contributed by atoms with Crippen molar-refractivity contribution in [3.8, 4) is 0 Å². The summed E-state index contributed by atoms with van der Waals surface area (Å²) in [7, 11) is 2.41. The maximum absolute atomic E-state index is 12.5. The Balaban J connectivity index is 2.16. The zero-order chi connectivity index (χ0) is 21.6. The van der Waals surface area contributed by atoms with E-state index < -0.39 is 22.1 Å². The first-order valence-corrected chi connectivity index (χ1v) is 9.16. The van der Waals surface area contributed by atoms with Gasteiger partial charge in [-0.05, 0) is 37.3 Å². The molecule has 0 aromatic heterocycles. The van der Waals surface area contributed by atoms with Crippen LogP contribution >= 0.6 is 11.8 Å². The van der Waals surface area contributed by atoms with Gasteiger partial charge in [-0.25, -0.2) is 9.59 Å². The third-order valence-electron chi connectivity index (χ3n) is 3.77. The Labute approximate surface area is 170 Å². The zero-order valence-electron chi connectivity index (χ0n) is 15.8. The number of ether oxygens (including phenoxy) is 2. The molecule has 0 radical (unpaired) electrons. The summed E-state index contributed by atoms with van der Waals surface area (Å²) in [5, 5.41) is 12.8. The molecule has 2 aromatic carbocycles. The van der Waals surface area contributed by atoms with Gasteiger partial charge in [-0.1, -0.05) is 0 Å². The van der Waals surface area contributed by atoms with Gasteiger partial charge >= 0.3 is 11.9 Å². The molecule has 1 atom stereocenters. The third kappa shape index (κ3) is 5.79. The van der Waals surface area contributed by atoms with Crippen LogP contribution in [0.4, 0.5) is 11.4 Å². The van der Waals surface area contributed by atoms with E-state index >= 15 is 0 Å². The van der Waals surface area contributed by atoms with Crippen LogP contribution in [0.2, 0.25) is 0 Å². The molecule has 152 valence electrons. The average Bonchev–Trinajstić information content (AvgIpc) is 2.72. The van der Waals surface area contributed by atoms with Crippen LogP contribution in [0, 0.1) is 10.1 Å². The number of hydrogen-bond donors (Lipinski definition) is 1. The van der Waals surface area contributed by atoms with E-state index in [1.807, 2.05) is 0 Å². The van der Waals surface area contributed by atoms with Crippen LogP contribution < -0.4 is 5.32 Å². The molecule has 0 heterocycles. The number of nitro groups is 1. The van der Waals surface area contributed by atoms with Crippen LogP contribution in [0.3, 0.4) is 0 Å². The molecule has 0 spiro atoms. The van der Waals surface area contributed by atoms with E-state index in [4.69, 9.17) is 0 Å². The SMILES string of the molecule is COC(=O)c1cc(NC(=O)C(C)Sc2ccc([N+](=O)[O-])cc2)cc(C(=O)OC)c1. The number of nitrogens with zero attached hydrogens (tertiary/aromatic N) is 1. The summed E-state index contributed by atoms with van der Waals surface area (Å²) in [5.74, 6) is -1.72. The zero-order valence-corrected chi connectivity index (χ0v) is 16.6. The highest BCUT2D eigenvalue weighted by atomic mass is 32.2. The van der Waals surface area contributed by atoms with Gasteiger partial charge in [0.15, 0.2) is 0 Å². The Morgan fingerprint density at radius 2 is 1.52 bits per heavy atom. The third-order valence-corrected chi connectivity index (χ3v) is 4.88. The number of anilines is 1. The lowest BCUT2D eigenvalue weighted by Crippen LogP contribution is -2.23. The Hall–Kier alpha value is -3.40. The Morgan fingerprint density at radius 3 is 1.97 bits per heavy atom. The molecule has 0 aliphatic heterocycles. The molecular weight excluding hydrogens is 400 g/mol. The summed E-state index contributed by atoms with van der Waals surface area (Å²) in [6, 6.07) is 9.91. The minimum atomic E-state index is -0.667. The first-order valence-electron chi connectivity index (χ1n) is 8.29. The number of nitro benzene ring substituents is 1. The molecule has 0 saturated heterocycles. The number of nitrogens with one attached hydrogen (secondary N) is 1. The fraction of sp³-hybridized carbons (Fsp3) is 0.211. The van der Waals surface area contributed by atoms with Gasteiger partial charge in [0.1, 0.15) is 0 Å². The van der Waals surface area contributed by atoms with Crippen LogP contribution in [-0.2, 0) is 14.3 Å². The van der Waals surface area contributed by atoms with Gasteiger partial charge in [-0.3, -0.25) is 14.9 Å². The number of esters is 2. The number of carbonyl (C=O) groups excluding carboxylic acids is 3. The van der Waals surface area contributed by atoms with Crippen molar-refractivity contribution in [1.29, 1.82) is 0 Å². The summed E-state index contributed by atoms with van der Waals surface area (Å²) in [6.07, 6.45) is 0. The van der Waals surface area contributed by atoms with Gasteiger partial charge in [0, 0.05) is 22.7 Å². The van der Waals surface area contributed by atoms with Crippen molar-refractivity contribution in [2.45, 2.75) is 17.1 Å². The first-order chi connectivity index (χ1) is 13.7. The van der Waals surface area contributed by atoms with Gasteiger partial charge in [0.05, 0.1) is 35.5 Å². The van der Waals surface area contributed by atoms with E-state index in [-0.39, 0.29) is 28.4 Å². The monoisotopic (exact) mass is 418 g/mol. The second kappa shape index (κ2) is 9.69. The number of benzene rings is 2. The number of carbonyl (C=O) groups is 3. The number of rotatable bonds is 7. The van der Waals surface area contributed by atoms with Crippen molar-refractivity contribution in [2.75, 3.05) is 19.5 Å². The van der Waals surface area contributed by atoms with Crippen LogP contribution in [0.25, 0.3) is 0 Å². The molecule has 2 aromatic rings. The molecule has 0 aliphatic rings. The molecule has 0 bridgehead atoms. The predicted octanol–water partition coefficient (Wildman–Crippen LogP) is 3.29. The highest BCUT2D eigenvalue weighted by Gasteiger charge is 2.18. The van der Waals surface area contributed by atoms with Gasteiger partial charge in [0.2, 0.25) is 5.91 Å². The number of thioether (sulfide) groups is 1. The standard InChI is InChI=1S/C19H18N2O7S/c1-11(29-16-6-4-15(5-7-16)21(25)26)17(22)20-14-9-12(18(23)27-2)8-13(10-14)19(24)28-3/h4-11H,1-3H3,(H,20,22). The van der Waals surface area contributed by atoms with Gasteiger partial charge in [0.25, 0.3) is 5.69 Å². The Bertz CT molecular complexity index is 910. The summed E-state index contributed by atoms with van der Waals surface area (Å²) in [5.41, 5.74) is 0.360. The highest BCUT2D eigenvalue weighted by Crippen LogP contribution is 2.26. The van der Waals surface area contributed by atoms with Crippen molar-refractivity contribution in [3.05, 3.63) is 63.7 Å². The van der Waals surface area contributed by atoms with Gasteiger partial charge < -0.3 is 14.8 Å². The molecule has 29 heavy (non-hydrogen) atoms. The van der Waals surface area contributed by atoms with Crippen LogP contribution in [-0.4, -0.2) is 42.2 Å². The number of amides is 1. The molecule has 0 saturated carbocycles. The van der Waals surface area contributed by atoms with Crippen molar-refractivity contribution < 1.29 is 28.8 Å². The number of methoxy groups -OCH3 is 2. The topological polar surface area (TPSA) is 125 Å². The summed E-state index contributed by atoms with van der Waals surface area (Å²) in [4.78, 5) is 47.1. The largest absolute Gasteiger partial charge is 0.465 e. The highest BCUT2D eigenvalue weighted by molar-refractivity contribution is 8.00. The van der Waals surface area contributed by atoms with E-state index in [2.05, 4.69) is 14.8 Å². The van der Waals surface area contributed by atoms with Crippen molar-refractivity contribution >= 4 is 41.0 Å². The average molecular weight is 418 g/mol. The lowest BCUT2D eigenvalue weighted by molar-refractivity contribution is -0.384. The van der Waals surface area contributed by atoms with Gasteiger partial charge in [-0.2, -0.15) is 0 Å². The molecule has 1 N–H and O–H groups in total. The van der Waals surface area contributed by atoms with Crippen LogP contribution in [0.15, 0.2) is 47.4 Å². The molecular formula is C19H18N2O7S. The van der Waals surface area contributed by atoms with E-state index in [1.165, 1.54) is 56.3 Å². The number of non-ortho nitro benzene ring substituents is 1. The lowest BCUT2D eigenvalue weighted by atomic mass is 10.1. The van der Waals surface area contributed by atoms with Crippen LogP contribution in [0.5, 0.6) is 0 Å². The van der Waals surface area contributed by atoms with Crippen LogP contribution in [0.1, 0.15) is 27.6 Å². The van der Waals surface area contributed by atoms with Gasteiger partial charge in [-0.15, -0.1) is 11.8 Å². The fourth-order valence-corrected chi connectivity index (χ4v) is 3.19. The predicted molar refractivity (Wildman–Crippen MR) is 106 cm³/mol. The molecule has 9 nitrogen and oxygen atoms in total. The van der Waals surface area contributed by atoms with E-state index in [0.29, 0.717) is 4.90 Å². The molecule has 1 amide bonds. The minimum Gasteiger partial charge on any atom is -0.465 e. The molecule has 0 aliphatic carbocycles. The smallest absolute Gasteiger partial charge is 0.337 e. The second-order valence-corrected chi connectivity index (χ2v) is 7.20. The summed E-state index contributed by atoms with van der Waals surface area (Å²) >= 11 is 1.20. The Morgan fingerprint density at radius 1 is 1.00 bits per heavy atom. The molecule has 0 fully saturated rings. The second-order valence-electron chi connectivity index (χ2n) is 5.78. The van der Waals surface area contributed by atoms with Crippen molar-refractivity contribution in [2.24, 2.45) is 0 Å². The lowest BCUT2D eigenvalue weighted by Gasteiger charge is -2.13. The maximum Gasteiger partial charge on any atom is 0.337 e. The maximum atomic E-state index is 12.5. The molecule has 1 unspecified atom stereocenters. The van der Waals surface area contributed by atoms with E-state index in [0.717, 1.165) is 0 Å². The molecule has 2 rings (SSSR count). The summed E-state index contributed by atoms with van der Waals surface area (Å²) < 4.78 is 9.32. The minimum absolute atomic E-state index is 0.0404. The fourth-order valence-electron chi connectivity index (χ4n) is 2.32. The van der Waals surface area contributed by atoms with E-state index in [9.17, 15) is 24.5 Å². The van der Waals surface area contributed by atoms with Crippen molar-refractivity contribution in [3.63, 3.8) is 0 Å². The Kier molecular flexibility index (Phi) is 7.32. The quantitative estimate of drug-likeness (QED) is 0.314. The summed E-state index contributed by atoms with van der Waals surface area (Å²) in [6.45, 7) is 1.66. The normalized spacial score (nSPS) is 11.3. The number of hydrogen-bond acceptors (Lipinski definition) is 8. The first kappa shape index (κ1) is 21.9. The van der Waals surface area contributed by atoms with Crippen molar-refractivity contribution in [1.82, 2.24) is 0 Å². The molecule has 10 heteroatoms.